The molecule has 2 aromatic rings. The lowest BCUT2D eigenvalue weighted by Crippen LogP contribution is -2.44. The molecule has 1 fully saturated rings. The number of amides is 1. The van der Waals surface area contributed by atoms with Gasteiger partial charge in [0, 0.05) is 48.0 Å². The molecule has 4 rings (SSSR count). The van der Waals surface area contributed by atoms with E-state index < -0.39 is 0 Å². The van der Waals surface area contributed by atoms with Gasteiger partial charge in [-0.3, -0.25) is 4.79 Å². The summed E-state index contributed by atoms with van der Waals surface area (Å²) in [5, 5.41) is 3.52. The molecule has 0 bridgehead atoms. The lowest BCUT2D eigenvalue weighted by Gasteiger charge is -2.35. The molecular formula is C20H21Cl2N3O. The molecule has 4 nitrogen and oxygen atoms in total. The first kappa shape index (κ1) is 18.8. The summed E-state index contributed by atoms with van der Waals surface area (Å²) in [5.74, 6) is -0.0783. The van der Waals surface area contributed by atoms with Crippen LogP contribution in [-0.4, -0.2) is 44.0 Å². The Balaban J connectivity index is 0.00000196. The van der Waals surface area contributed by atoms with Crippen LogP contribution in [0.25, 0.3) is 11.6 Å². The van der Waals surface area contributed by atoms with Gasteiger partial charge in [0.1, 0.15) is 0 Å². The van der Waals surface area contributed by atoms with Crippen molar-refractivity contribution >= 4 is 52.9 Å². The molecule has 2 aliphatic heterocycles. The van der Waals surface area contributed by atoms with E-state index in [1.807, 2.05) is 24.3 Å². The highest BCUT2D eigenvalue weighted by atomic mass is 35.5. The van der Waals surface area contributed by atoms with Crippen LogP contribution in [0.2, 0.25) is 5.02 Å². The quantitative estimate of drug-likeness (QED) is 0.788. The van der Waals surface area contributed by atoms with Crippen molar-refractivity contribution < 1.29 is 4.79 Å². The molecule has 6 heteroatoms. The van der Waals surface area contributed by atoms with Gasteiger partial charge in [0.15, 0.2) is 0 Å². The number of carbonyl (C=O) groups excluding carboxylic acids is 1. The Bertz CT molecular complexity index is 858. The molecule has 2 aliphatic rings. The van der Waals surface area contributed by atoms with Crippen molar-refractivity contribution in [2.75, 3.05) is 43.4 Å². The molecule has 2 aromatic carbocycles. The standard InChI is InChI=1S/C20H20ClN3O.ClH/c1-23-8-10-24(11-9-23)19-5-3-2-4-14(19)12-17-16-7-6-15(21)13-18(16)22-20(17)25;/h2-7,12-13H,8-11H2,1H3,(H,22,25);1H. The molecule has 0 aromatic heterocycles. The van der Waals surface area contributed by atoms with Crippen molar-refractivity contribution in [3.05, 3.63) is 58.6 Å². The van der Waals surface area contributed by atoms with Gasteiger partial charge in [0.25, 0.3) is 5.91 Å². The number of para-hydroxylation sites is 1. The topological polar surface area (TPSA) is 35.6 Å². The van der Waals surface area contributed by atoms with Crippen molar-refractivity contribution in [3.8, 4) is 0 Å². The van der Waals surface area contributed by atoms with E-state index in [2.05, 4.69) is 40.4 Å². The van der Waals surface area contributed by atoms with Crippen molar-refractivity contribution in [2.24, 2.45) is 0 Å². The zero-order valence-electron chi connectivity index (χ0n) is 14.5. The van der Waals surface area contributed by atoms with Gasteiger partial charge in [-0.2, -0.15) is 0 Å². The molecule has 0 radical (unpaired) electrons. The van der Waals surface area contributed by atoms with Crippen LogP contribution in [0, 0.1) is 0 Å². The smallest absolute Gasteiger partial charge is 0.256 e. The van der Waals surface area contributed by atoms with Crippen molar-refractivity contribution in [2.45, 2.75) is 0 Å². The summed E-state index contributed by atoms with van der Waals surface area (Å²) in [4.78, 5) is 17.2. The number of nitrogens with one attached hydrogen (secondary N) is 1. The minimum atomic E-state index is -0.0783. The second kappa shape index (κ2) is 7.70. The van der Waals surface area contributed by atoms with Crippen LogP contribution >= 0.6 is 24.0 Å². The molecule has 1 amide bonds. The van der Waals surface area contributed by atoms with Gasteiger partial charge < -0.3 is 15.1 Å². The Kier molecular flexibility index (Phi) is 5.56. The molecular weight excluding hydrogens is 369 g/mol. The average molecular weight is 390 g/mol. The molecule has 0 unspecified atom stereocenters. The first-order valence-corrected chi connectivity index (χ1v) is 8.85. The lowest BCUT2D eigenvalue weighted by atomic mass is 10.0. The number of hydrogen-bond donors (Lipinski definition) is 1. The number of piperazine rings is 1. The van der Waals surface area contributed by atoms with Crippen LogP contribution in [0.5, 0.6) is 0 Å². The summed E-state index contributed by atoms with van der Waals surface area (Å²) in [6.45, 7) is 4.09. The van der Waals surface area contributed by atoms with Crippen LogP contribution in [0.1, 0.15) is 11.1 Å². The summed E-state index contributed by atoms with van der Waals surface area (Å²) >= 11 is 6.04. The van der Waals surface area contributed by atoms with Gasteiger partial charge in [0.2, 0.25) is 0 Å². The molecule has 136 valence electrons. The first-order chi connectivity index (χ1) is 12.1. The van der Waals surface area contributed by atoms with E-state index >= 15 is 0 Å². The number of carbonyl (C=O) groups is 1. The van der Waals surface area contributed by atoms with Crippen molar-refractivity contribution in [1.82, 2.24) is 4.90 Å². The van der Waals surface area contributed by atoms with E-state index in [9.17, 15) is 4.79 Å². The summed E-state index contributed by atoms with van der Waals surface area (Å²) in [6.07, 6.45) is 1.99. The molecule has 0 saturated carbocycles. The van der Waals surface area contributed by atoms with Gasteiger partial charge in [-0.05, 0) is 36.9 Å². The summed E-state index contributed by atoms with van der Waals surface area (Å²) < 4.78 is 0. The number of halogens is 2. The maximum atomic E-state index is 12.4. The minimum Gasteiger partial charge on any atom is -0.368 e. The normalized spacial score (nSPS) is 18.5. The third-order valence-corrected chi connectivity index (χ3v) is 5.08. The van der Waals surface area contributed by atoms with Gasteiger partial charge in [0.05, 0.1) is 5.69 Å². The molecule has 0 spiro atoms. The van der Waals surface area contributed by atoms with E-state index in [-0.39, 0.29) is 18.3 Å². The Labute approximate surface area is 164 Å². The summed E-state index contributed by atoms with van der Waals surface area (Å²) in [6, 6.07) is 13.8. The maximum Gasteiger partial charge on any atom is 0.256 e. The SMILES string of the molecule is CN1CCN(c2ccccc2C=C2C(=O)Nc3cc(Cl)ccc32)CC1.Cl. The zero-order valence-corrected chi connectivity index (χ0v) is 16.1. The Morgan fingerprint density at radius 1 is 1.08 bits per heavy atom. The fourth-order valence-corrected chi connectivity index (χ4v) is 3.58. The molecule has 0 aliphatic carbocycles. The third kappa shape index (κ3) is 3.58. The Morgan fingerprint density at radius 3 is 2.58 bits per heavy atom. The minimum absolute atomic E-state index is 0. The maximum absolute atomic E-state index is 12.4. The van der Waals surface area contributed by atoms with Crippen molar-refractivity contribution in [1.29, 1.82) is 0 Å². The number of nitrogens with zero attached hydrogens (tertiary/aromatic N) is 2. The van der Waals surface area contributed by atoms with Crippen LogP contribution in [-0.2, 0) is 4.79 Å². The monoisotopic (exact) mass is 389 g/mol. The molecule has 0 atom stereocenters. The summed E-state index contributed by atoms with van der Waals surface area (Å²) in [7, 11) is 2.15. The fourth-order valence-electron chi connectivity index (χ4n) is 3.41. The van der Waals surface area contributed by atoms with Crippen LogP contribution < -0.4 is 10.2 Å². The highest BCUT2D eigenvalue weighted by Crippen LogP contribution is 2.36. The predicted octanol–water partition coefficient (Wildman–Crippen LogP) is 4.01. The predicted molar refractivity (Wildman–Crippen MR) is 111 cm³/mol. The number of hydrogen-bond acceptors (Lipinski definition) is 3. The van der Waals surface area contributed by atoms with E-state index in [4.69, 9.17) is 11.6 Å². The van der Waals surface area contributed by atoms with Gasteiger partial charge in [-0.25, -0.2) is 0 Å². The molecule has 2 heterocycles. The third-order valence-electron chi connectivity index (χ3n) is 4.85. The highest BCUT2D eigenvalue weighted by Gasteiger charge is 2.25. The van der Waals surface area contributed by atoms with E-state index in [0.29, 0.717) is 10.6 Å². The fraction of sp³-hybridized carbons (Fsp3) is 0.250. The molecule has 1 saturated heterocycles. The van der Waals surface area contributed by atoms with Gasteiger partial charge >= 0.3 is 0 Å². The first-order valence-electron chi connectivity index (χ1n) is 8.47. The number of rotatable bonds is 2. The van der Waals surface area contributed by atoms with Crippen LogP contribution in [0.15, 0.2) is 42.5 Å². The van der Waals surface area contributed by atoms with Crippen LogP contribution in [0.3, 0.4) is 0 Å². The largest absolute Gasteiger partial charge is 0.368 e. The summed E-state index contributed by atoms with van der Waals surface area (Å²) in [5.41, 5.74) is 4.62. The van der Waals surface area contributed by atoms with E-state index in [1.165, 1.54) is 5.69 Å². The van der Waals surface area contributed by atoms with Crippen LogP contribution in [0.4, 0.5) is 11.4 Å². The second-order valence-electron chi connectivity index (χ2n) is 6.55. The van der Waals surface area contributed by atoms with Gasteiger partial charge in [-0.1, -0.05) is 35.9 Å². The Hall–Kier alpha value is -2.01. The lowest BCUT2D eigenvalue weighted by molar-refractivity contribution is -0.110. The average Bonchev–Trinajstić information content (AvgIpc) is 2.91. The van der Waals surface area contributed by atoms with E-state index in [0.717, 1.165) is 43.0 Å². The molecule has 1 N–H and O–H groups in total. The Morgan fingerprint density at radius 2 is 1.81 bits per heavy atom. The van der Waals surface area contributed by atoms with E-state index in [1.54, 1.807) is 6.07 Å². The number of anilines is 2. The highest BCUT2D eigenvalue weighted by molar-refractivity contribution is 6.36. The molecule has 26 heavy (non-hydrogen) atoms. The number of fused-ring (bicyclic) bond motifs is 1. The number of likely N-dealkylation sites (N-methyl/N-ethyl adjacent to an activating group) is 1. The zero-order chi connectivity index (χ0) is 17.4. The number of benzene rings is 2. The van der Waals surface area contributed by atoms with Gasteiger partial charge in [-0.15, -0.1) is 12.4 Å². The second-order valence-corrected chi connectivity index (χ2v) is 6.99. The van der Waals surface area contributed by atoms with Crippen molar-refractivity contribution in [3.63, 3.8) is 0 Å².